The minimum absolute atomic E-state index is 0.185. The van der Waals surface area contributed by atoms with Gasteiger partial charge in [0, 0.05) is 56.2 Å². The molecule has 146 valence electrons. The molecule has 2 heterocycles. The summed E-state index contributed by atoms with van der Waals surface area (Å²) < 4.78 is 5.61. The molecule has 5 nitrogen and oxygen atoms in total. The van der Waals surface area contributed by atoms with Crippen molar-refractivity contribution in [2.24, 2.45) is 0 Å². The third-order valence-electron chi connectivity index (χ3n) is 5.13. The molecule has 1 aliphatic heterocycles. The second-order valence-corrected chi connectivity index (χ2v) is 7.59. The molecule has 1 aromatic heterocycles. The lowest BCUT2D eigenvalue weighted by Gasteiger charge is -2.34. The third-order valence-corrected chi connectivity index (χ3v) is 5.36. The first-order chi connectivity index (χ1) is 13.7. The number of nitrogens with one attached hydrogen (secondary N) is 1. The van der Waals surface area contributed by atoms with Crippen LogP contribution in [0.25, 0.3) is 11.0 Å². The minimum atomic E-state index is -0.185. The zero-order valence-corrected chi connectivity index (χ0v) is 16.5. The summed E-state index contributed by atoms with van der Waals surface area (Å²) in [6.45, 7) is 6.59. The van der Waals surface area contributed by atoms with Crippen molar-refractivity contribution in [1.82, 2.24) is 15.1 Å². The van der Waals surface area contributed by atoms with Crippen molar-refractivity contribution in [1.29, 1.82) is 0 Å². The fourth-order valence-electron chi connectivity index (χ4n) is 3.55. The molecule has 1 N–H and O–H groups in total. The van der Waals surface area contributed by atoms with Gasteiger partial charge in [0.25, 0.3) is 5.91 Å². The number of piperazine rings is 1. The lowest BCUT2D eigenvalue weighted by molar-refractivity contribution is 0.0909. The van der Waals surface area contributed by atoms with Crippen molar-refractivity contribution in [2.45, 2.75) is 6.54 Å². The molecule has 0 spiro atoms. The number of carbonyl (C=O) groups excluding carboxylic acids is 1. The van der Waals surface area contributed by atoms with Crippen LogP contribution in [0.15, 0.2) is 59.0 Å². The van der Waals surface area contributed by atoms with Gasteiger partial charge < -0.3 is 9.73 Å². The Hall–Kier alpha value is -2.34. The molecule has 2 aromatic carbocycles. The van der Waals surface area contributed by atoms with E-state index in [1.807, 2.05) is 0 Å². The van der Waals surface area contributed by atoms with Gasteiger partial charge in [0.15, 0.2) is 5.76 Å². The standard InChI is InChI=1S/C22H24ClN3O2/c23-19-6-7-20-18(14-19)15-21(28-20)22(27)24-8-9-25-10-12-26(13-11-25)16-17-4-2-1-3-5-17/h1-7,14-15H,8-13,16H2,(H,24,27). The predicted octanol–water partition coefficient (Wildman–Crippen LogP) is 3.63. The summed E-state index contributed by atoms with van der Waals surface area (Å²) in [5.41, 5.74) is 2.03. The molecule has 0 bridgehead atoms. The third kappa shape index (κ3) is 4.73. The molecule has 1 aliphatic rings. The Morgan fingerprint density at radius 2 is 1.75 bits per heavy atom. The van der Waals surface area contributed by atoms with Crippen LogP contribution in [0.4, 0.5) is 0 Å². The molecule has 1 saturated heterocycles. The highest BCUT2D eigenvalue weighted by Gasteiger charge is 2.17. The number of hydrogen-bond acceptors (Lipinski definition) is 4. The van der Waals surface area contributed by atoms with Crippen LogP contribution in [0.2, 0.25) is 5.02 Å². The first kappa shape index (κ1) is 19.0. The second kappa shape index (κ2) is 8.78. The monoisotopic (exact) mass is 397 g/mol. The van der Waals surface area contributed by atoms with Crippen LogP contribution in [0, 0.1) is 0 Å². The summed E-state index contributed by atoms with van der Waals surface area (Å²) in [6, 6.07) is 17.6. The Morgan fingerprint density at radius 1 is 1.00 bits per heavy atom. The first-order valence-electron chi connectivity index (χ1n) is 9.63. The highest BCUT2D eigenvalue weighted by Crippen LogP contribution is 2.22. The number of benzene rings is 2. The van der Waals surface area contributed by atoms with E-state index in [-0.39, 0.29) is 5.91 Å². The summed E-state index contributed by atoms with van der Waals surface area (Å²) >= 11 is 5.98. The Kier molecular flexibility index (Phi) is 5.95. The lowest BCUT2D eigenvalue weighted by atomic mass is 10.2. The maximum absolute atomic E-state index is 12.3. The molecule has 28 heavy (non-hydrogen) atoms. The molecule has 0 unspecified atom stereocenters. The van der Waals surface area contributed by atoms with Gasteiger partial charge >= 0.3 is 0 Å². The molecule has 0 radical (unpaired) electrons. The van der Waals surface area contributed by atoms with Crippen molar-refractivity contribution >= 4 is 28.5 Å². The molecule has 3 aromatic rings. The van der Waals surface area contributed by atoms with E-state index in [0.717, 1.165) is 44.7 Å². The SMILES string of the molecule is O=C(NCCN1CCN(Cc2ccccc2)CC1)c1cc2cc(Cl)ccc2o1. The Balaban J connectivity index is 1.20. The van der Waals surface area contributed by atoms with Crippen LogP contribution in [0.1, 0.15) is 16.1 Å². The minimum Gasteiger partial charge on any atom is -0.451 e. The molecule has 1 amide bonds. The number of carbonyl (C=O) groups is 1. The van der Waals surface area contributed by atoms with Crippen LogP contribution in [0.5, 0.6) is 0 Å². The van der Waals surface area contributed by atoms with Crippen molar-refractivity contribution in [3.8, 4) is 0 Å². The summed E-state index contributed by atoms with van der Waals surface area (Å²) in [5.74, 6) is 0.139. The van der Waals surface area contributed by atoms with E-state index >= 15 is 0 Å². The van der Waals surface area contributed by atoms with Gasteiger partial charge in [-0.05, 0) is 29.8 Å². The summed E-state index contributed by atoms with van der Waals surface area (Å²) in [6.07, 6.45) is 0. The van der Waals surface area contributed by atoms with Gasteiger partial charge in [0.1, 0.15) is 5.58 Å². The Morgan fingerprint density at radius 3 is 2.54 bits per heavy atom. The Labute approximate surface area is 169 Å². The van der Waals surface area contributed by atoms with Crippen LogP contribution in [-0.2, 0) is 6.54 Å². The van der Waals surface area contributed by atoms with Crippen molar-refractivity contribution in [3.05, 3.63) is 70.9 Å². The topological polar surface area (TPSA) is 48.7 Å². The van der Waals surface area contributed by atoms with E-state index in [4.69, 9.17) is 16.0 Å². The van der Waals surface area contributed by atoms with Crippen LogP contribution in [0.3, 0.4) is 0 Å². The van der Waals surface area contributed by atoms with E-state index < -0.39 is 0 Å². The van der Waals surface area contributed by atoms with E-state index in [2.05, 4.69) is 45.4 Å². The molecular formula is C22H24ClN3O2. The number of halogens is 1. The highest BCUT2D eigenvalue weighted by molar-refractivity contribution is 6.31. The molecule has 0 saturated carbocycles. The average molecular weight is 398 g/mol. The Bertz CT molecular complexity index is 933. The second-order valence-electron chi connectivity index (χ2n) is 7.15. The first-order valence-corrected chi connectivity index (χ1v) is 10.0. The van der Waals surface area contributed by atoms with E-state index in [9.17, 15) is 4.79 Å². The molecular weight excluding hydrogens is 374 g/mol. The van der Waals surface area contributed by atoms with Crippen LogP contribution >= 0.6 is 11.6 Å². The van der Waals surface area contributed by atoms with Crippen LogP contribution in [-0.4, -0.2) is 55.0 Å². The summed E-state index contributed by atoms with van der Waals surface area (Å²) in [7, 11) is 0. The van der Waals surface area contributed by atoms with E-state index in [0.29, 0.717) is 22.9 Å². The number of amides is 1. The van der Waals surface area contributed by atoms with E-state index in [1.54, 1.807) is 24.3 Å². The van der Waals surface area contributed by atoms with Gasteiger partial charge in [-0.15, -0.1) is 0 Å². The number of rotatable bonds is 6. The summed E-state index contributed by atoms with van der Waals surface area (Å²) in [5, 5.41) is 4.42. The van der Waals surface area contributed by atoms with Crippen molar-refractivity contribution in [3.63, 3.8) is 0 Å². The quantitative estimate of drug-likeness (QED) is 0.690. The zero-order valence-electron chi connectivity index (χ0n) is 15.7. The van der Waals surface area contributed by atoms with Gasteiger partial charge in [-0.3, -0.25) is 14.6 Å². The molecule has 4 rings (SSSR count). The van der Waals surface area contributed by atoms with Crippen LogP contribution < -0.4 is 5.32 Å². The van der Waals surface area contributed by atoms with Gasteiger partial charge in [0.05, 0.1) is 0 Å². The number of furan rings is 1. The van der Waals surface area contributed by atoms with Gasteiger partial charge in [-0.25, -0.2) is 0 Å². The maximum atomic E-state index is 12.3. The number of nitrogens with zero attached hydrogens (tertiary/aromatic N) is 2. The van der Waals surface area contributed by atoms with Gasteiger partial charge in [0.2, 0.25) is 0 Å². The molecule has 0 aliphatic carbocycles. The molecule has 6 heteroatoms. The van der Waals surface area contributed by atoms with Crippen molar-refractivity contribution in [2.75, 3.05) is 39.3 Å². The summed E-state index contributed by atoms with van der Waals surface area (Å²) in [4.78, 5) is 17.2. The fraction of sp³-hybridized carbons (Fsp3) is 0.318. The van der Waals surface area contributed by atoms with E-state index in [1.165, 1.54) is 5.56 Å². The zero-order chi connectivity index (χ0) is 19.3. The maximum Gasteiger partial charge on any atom is 0.287 e. The largest absolute Gasteiger partial charge is 0.451 e. The van der Waals surface area contributed by atoms with Crippen molar-refractivity contribution < 1.29 is 9.21 Å². The highest BCUT2D eigenvalue weighted by atomic mass is 35.5. The van der Waals surface area contributed by atoms with Gasteiger partial charge in [-0.2, -0.15) is 0 Å². The smallest absolute Gasteiger partial charge is 0.287 e. The lowest BCUT2D eigenvalue weighted by Crippen LogP contribution is -2.48. The fourth-order valence-corrected chi connectivity index (χ4v) is 3.73. The molecule has 0 atom stereocenters. The normalized spacial score (nSPS) is 15.8. The van der Waals surface area contributed by atoms with Gasteiger partial charge in [-0.1, -0.05) is 41.9 Å². The predicted molar refractivity (Wildman–Crippen MR) is 112 cm³/mol. The number of hydrogen-bond donors (Lipinski definition) is 1. The molecule has 1 fully saturated rings. The number of fused-ring (bicyclic) bond motifs is 1. The average Bonchev–Trinajstić information content (AvgIpc) is 3.13.